The van der Waals surface area contributed by atoms with Crippen LogP contribution in [-0.2, 0) is 23.9 Å². The van der Waals surface area contributed by atoms with Gasteiger partial charge in [-0.3, -0.25) is 19.2 Å². The monoisotopic (exact) mass is 445 g/mol. The van der Waals surface area contributed by atoms with Gasteiger partial charge in [-0.1, -0.05) is 20.3 Å². The van der Waals surface area contributed by atoms with Crippen molar-refractivity contribution >= 4 is 23.5 Å². The first-order valence-corrected chi connectivity index (χ1v) is 11.7. The quantitative estimate of drug-likeness (QED) is 0.620. The predicted molar refractivity (Wildman–Crippen MR) is 117 cm³/mol. The van der Waals surface area contributed by atoms with E-state index in [1.807, 2.05) is 0 Å². The molecule has 2 bridgehead atoms. The fourth-order valence-electron chi connectivity index (χ4n) is 6.33. The van der Waals surface area contributed by atoms with E-state index in [0.29, 0.717) is 31.4 Å². The molecular weight excluding hydrogens is 410 g/mol. The van der Waals surface area contributed by atoms with E-state index in [1.165, 1.54) is 12.0 Å². The highest BCUT2D eigenvalue weighted by molar-refractivity contribution is 6.39. The van der Waals surface area contributed by atoms with Gasteiger partial charge in [-0.05, 0) is 57.8 Å². The number of ketones is 1. The number of hydrogen-bond acceptors (Lipinski definition) is 5. The molecule has 32 heavy (non-hydrogen) atoms. The number of amides is 3. The summed E-state index contributed by atoms with van der Waals surface area (Å²) in [6, 6.07) is -0.853. The van der Waals surface area contributed by atoms with E-state index >= 15 is 0 Å². The number of piperazine rings is 1. The van der Waals surface area contributed by atoms with Crippen molar-refractivity contribution in [1.82, 2.24) is 14.7 Å². The highest BCUT2D eigenvalue weighted by atomic mass is 16.5. The first-order chi connectivity index (χ1) is 15.0. The smallest absolute Gasteiger partial charge is 0.294 e. The van der Waals surface area contributed by atoms with E-state index in [2.05, 4.69) is 0 Å². The number of methoxy groups -OCH3 is 1. The summed E-state index contributed by atoms with van der Waals surface area (Å²) in [6.45, 7) is 0.0339. The van der Waals surface area contributed by atoms with Crippen LogP contribution in [0.15, 0.2) is 11.9 Å². The molecule has 3 aliphatic heterocycles. The van der Waals surface area contributed by atoms with Crippen molar-refractivity contribution in [2.45, 2.75) is 102 Å². The van der Waals surface area contributed by atoms with E-state index in [0.717, 1.165) is 44.9 Å². The van der Waals surface area contributed by atoms with Gasteiger partial charge in [0, 0.05) is 19.4 Å². The third kappa shape index (κ3) is 3.38. The second kappa shape index (κ2) is 8.61. The zero-order valence-electron chi connectivity index (χ0n) is 18.2. The van der Waals surface area contributed by atoms with E-state index in [1.54, 1.807) is 16.0 Å². The molecular formula is C24H35N3O5. The van der Waals surface area contributed by atoms with Crippen LogP contribution in [0.1, 0.15) is 78.1 Å². The molecule has 2 saturated carbocycles. The fraction of sp³-hybridized carbons (Fsp3) is 0.750. The van der Waals surface area contributed by atoms with Crippen LogP contribution in [0.25, 0.3) is 0 Å². The third-order valence-electron chi connectivity index (χ3n) is 8.05. The Balaban J connectivity index is 0.00000245. The number of rotatable bonds is 4. The summed E-state index contributed by atoms with van der Waals surface area (Å²) in [7, 11) is 1.50. The van der Waals surface area contributed by atoms with Crippen LogP contribution in [0, 0.1) is 0 Å². The van der Waals surface area contributed by atoms with Gasteiger partial charge < -0.3 is 19.4 Å². The van der Waals surface area contributed by atoms with Crippen LogP contribution in [0.5, 0.6) is 0 Å². The number of ether oxygens (including phenoxy) is 1. The van der Waals surface area contributed by atoms with E-state index in [9.17, 15) is 19.2 Å². The molecule has 3 amide bonds. The molecule has 4 fully saturated rings. The van der Waals surface area contributed by atoms with Gasteiger partial charge in [0.1, 0.15) is 18.2 Å². The number of nitrogens with zero attached hydrogens (tertiary/aromatic N) is 3. The molecule has 5 aliphatic rings. The maximum atomic E-state index is 13.5. The Kier molecular flexibility index (Phi) is 6.18. The van der Waals surface area contributed by atoms with Gasteiger partial charge in [-0.15, -0.1) is 0 Å². The lowest BCUT2D eigenvalue weighted by molar-refractivity contribution is -0.167. The molecule has 0 aromatic heterocycles. The molecule has 0 N–H and O–H groups in total. The Labute approximate surface area is 189 Å². The van der Waals surface area contributed by atoms with Crippen molar-refractivity contribution in [3.05, 3.63) is 11.9 Å². The number of piperidine rings is 1. The molecule has 8 heteroatoms. The second-order valence-corrected chi connectivity index (χ2v) is 9.63. The lowest BCUT2D eigenvalue weighted by atomic mass is 9.85. The highest BCUT2D eigenvalue weighted by Gasteiger charge is 2.54. The van der Waals surface area contributed by atoms with Gasteiger partial charge in [-0.25, -0.2) is 0 Å². The number of hydrogen-bond donors (Lipinski definition) is 0. The van der Waals surface area contributed by atoms with Gasteiger partial charge in [-0.2, -0.15) is 0 Å². The first-order valence-electron chi connectivity index (χ1n) is 11.7. The van der Waals surface area contributed by atoms with Gasteiger partial charge >= 0.3 is 0 Å². The van der Waals surface area contributed by atoms with E-state index < -0.39 is 23.3 Å². The van der Waals surface area contributed by atoms with Crippen LogP contribution in [0.4, 0.5) is 0 Å². The van der Waals surface area contributed by atoms with Crippen molar-refractivity contribution in [3.63, 3.8) is 0 Å². The molecule has 0 radical (unpaired) electrons. The summed E-state index contributed by atoms with van der Waals surface area (Å²) in [4.78, 5) is 57.8. The Hall–Kier alpha value is -2.22. The summed E-state index contributed by atoms with van der Waals surface area (Å²) in [5.41, 5.74) is -0.357. The number of carbonyl (C=O) groups excluding carboxylic acids is 4. The molecule has 0 aromatic carbocycles. The van der Waals surface area contributed by atoms with Crippen LogP contribution in [0.2, 0.25) is 0 Å². The molecule has 2 saturated heterocycles. The lowest BCUT2D eigenvalue weighted by Crippen LogP contribution is -2.68. The zero-order valence-corrected chi connectivity index (χ0v) is 18.2. The second-order valence-electron chi connectivity index (χ2n) is 9.63. The summed E-state index contributed by atoms with van der Waals surface area (Å²) in [5.74, 6) is -1.41. The van der Waals surface area contributed by atoms with Crippen LogP contribution >= 0.6 is 0 Å². The molecule has 176 valence electrons. The Morgan fingerprint density at radius 2 is 1.62 bits per heavy atom. The largest absolute Gasteiger partial charge is 0.370 e. The zero-order chi connectivity index (χ0) is 21.8. The molecule has 0 spiro atoms. The van der Waals surface area contributed by atoms with Crippen LogP contribution < -0.4 is 0 Å². The molecule has 2 atom stereocenters. The molecule has 2 unspecified atom stereocenters. The van der Waals surface area contributed by atoms with E-state index in [4.69, 9.17) is 4.74 Å². The standard InChI is InChI=1S/C23H31N3O5.CH4/c1-31-23(11-4-5-12-23)20(28)22(30)26-16-9-6-10-17(26)21(29)25-14-19(27)24(13-18(16)25)15-7-2-3-8-15;/h13,15-17H,2-12,14H2,1H3;1H4. The topological polar surface area (TPSA) is 87.2 Å². The third-order valence-corrected chi connectivity index (χ3v) is 8.05. The average molecular weight is 446 g/mol. The molecule has 8 nitrogen and oxygen atoms in total. The van der Waals surface area contributed by atoms with Crippen molar-refractivity contribution in [2.24, 2.45) is 0 Å². The van der Waals surface area contributed by atoms with Gasteiger partial charge in [0.25, 0.3) is 11.7 Å². The van der Waals surface area contributed by atoms with Crippen molar-refractivity contribution in [1.29, 1.82) is 0 Å². The van der Waals surface area contributed by atoms with Gasteiger partial charge in [0.2, 0.25) is 11.8 Å². The Bertz CT molecular complexity index is 841. The molecule has 0 aromatic rings. The van der Waals surface area contributed by atoms with Crippen molar-refractivity contribution in [3.8, 4) is 0 Å². The molecule has 5 rings (SSSR count). The minimum atomic E-state index is -1.06. The predicted octanol–water partition coefficient (Wildman–Crippen LogP) is 2.37. The summed E-state index contributed by atoms with van der Waals surface area (Å²) in [5, 5.41) is 0. The van der Waals surface area contributed by atoms with Gasteiger partial charge in [0.05, 0.1) is 11.7 Å². The number of carbonyl (C=O) groups is 4. The SMILES string of the molecule is C.COC1(C(=O)C(=O)N2C3CCCC2C2=CN(C4CCCC4)C(=O)CN2C3=O)CCCC1. The summed E-state index contributed by atoms with van der Waals surface area (Å²) < 4.78 is 5.57. The average Bonchev–Trinajstić information content (AvgIpc) is 3.49. The maximum absolute atomic E-state index is 13.5. The summed E-state index contributed by atoms with van der Waals surface area (Å²) >= 11 is 0. The number of fused-ring (bicyclic) bond motifs is 4. The molecule has 3 heterocycles. The Morgan fingerprint density at radius 3 is 2.28 bits per heavy atom. The minimum Gasteiger partial charge on any atom is -0.370 e. The molecule has 2 aliphatic carbocycles. The van der Waals surface area contributed by atoms with Crippen LogP contribution in [0.3, 0.4) is 0 Å². The lowest BCUT2D eigenvalue weighted by Gasteiger charge is -2.52. The van der Waals surface area contributed by atoms with E-state index in [-0.39, 0.29) is 37.9 Å². The van der Waals surface area contributed by atoms with Crippen LogP contribution in [-0.4, -0.2) is 75.6 Å². The van der Waals surface area contributed by atoms with Crippen molar-refractivity contribution in [2.75, 3.05) is 13.7 Å². The maximum Gasteiger partial charge on any atom is 0.294 e. The normalized spacial score (nSPS) is 29.5. The fourth-order valence-corrected chi connectivity index (χ4v) is 6.33. The Morgan fingerprint density at radius 1 is 0.969 bits per heavy atom. The first kappa shape index (κ1) is 23.0. The summed E-state index contributed by atoms with van der Waals surface area (Å²) in [6.07, 6.45) is 10.8. The minimum absolute atomic E-state index is 0. The highest BCUT2D eigenvalue weighted by Crippen LogP contribution is 2.40. The number of Topliss-reactive ketones (excluding diaryl/α,β-unsaturated/α-hetero) is 1. The van der Waals surface area contributed by atoms with Crippen molar-refractivity contribution < 1.29 is 23.9 Å². The van der Waals surface area contributed by atoms with Gasteiger partial charge in [0.15, 0.2) is 0 Å².